The van der Waals surface area contributed by atoms with Crippen LogP contribution in [0, 0.1) is 6.92 Å². The maximum absolute atomic E-state index is 12.9. The second-order valence-electron chi connectivity index (χ2n) is 7.62. The standard InChI is InChI=1S/C21H29N3O3/c1-17-14-19(27-22-17)15-23(2)16-21(26)11-7-13-24(20(21)25)12-6-10-18-8-4-3-5-9-18/h3-5,8-9,14,26H,6-7,10-13,15-16H2,1-2H3/t21-/m0/s1. The van der Waals surface area contributed by atoms with Crippen molar-refractivity contribution in [3.05, 3.63) is 53.4 Å². The number of hydrogen-bond donors (Lipinski definition) is 1. The monoisotopic (exact) mass is 371 g/mol. The molecule has 0 unspecified atom stereocenters. The predicted molar refractivity (Wildman–Crippen MR) is 103 cm³/mol. The average molecular weight is 371 g/mol. The number of aliphatic hydroxyl groups is 1. The number of nitrogens with zero attached hydrogens (tertiary/aromatic N) is 3. The molecule has 1 N–H and O–H groups in total. The van der Waals surface area contributed by atoms with Gasteiger partial charge in [0.05, 0.1) is 12.2 Å². The first-order valence-electron chi connectivity index (χ1n) is 9.63. The van der Waals surface area contributed by atoms with Gasteiger partial charge in [0, 0.05) is 25.7 Å². The Kier molecular flexibility index (Phi) is 6.29. The van der Waals surface area contributed by atoms with Gasteiger partial charge >= 0.3 is 0 Å². The molecule has 27 heavy (non-hydrogen) atoms. The Hall–Kier alpha value is -2.18. The van der Waals surface area contributed by atoms with Crippen molar-refractivity contribution < 1.29 is 14.4 Å². The fourth-order valence-electron chi connectivity index (χ4n) is 3.80. The molecule has 1 aromatic carbocycles. The van der Waals surface area contributed by atoms with Crippen LogP contribution in [0.3, 0.4) is 0 Å². The maximum Gasteiger partial charge on any atom is 0.255 e. The smallest absolute Gasteiger partial charge is 0.255 e. The fourth-order valence-corrected chi connectivity index (χ4v) is 3.80. The number of rotatable bonds is 8. The van der Waals surface area contributed by atoms with Crippen molar-refractivity contribution in [3.63, 3.8) is 0 Å². The Bertz CT molecular complexity index is 746. The number of aromatic nitrogens is 1. The molecule has 2 aromatic rings. The summed E-state index contributed by atoms with van der Waals surface area (Å²) in [5.74, 6) is 0.587. The number of piperidine rings is 1. The third-order valence-corrected chi connectivity index (χ3v) is 5.07. The van der Waals surface area contributed by atoms with Crippen LogP contribution in [-0.4, -0.2) is 58.3 Å². The fraction of sp³-hybridized carbons (Fsp3) is 0.524. The Morgan fingerprint density at radius 1 is 1.33 bits per heavy atom. The van der Waals surface area contributed by atoms with Crippen molar-refractivity contribution in [2.45, 2.75) is 44.8 Å². The summed E-state index contributed by atoms with van der Waals surface area (Å²) in [5.41, 5.74) is 0.782. The van der Waals surface area contributed by atoms with Crippen LogP contribution in [-0.2, 0) is 17.8 Å². The van der Waals surface area contributed by atoms with E-state index >= 15 is 0 Å². The second-order valence-corrected chi connectivity index (χ2v) is 7.62. The van der Waals surface area contributed by atoms with Gasteiger partial charge in [0.2, 0.25) is 0 Å². The highest BCUT2D eigenvalue weighted by molar-refractivity contribution is 5.86. The van der Waals surface area contributed by atoms with Gasteiger partial charge in [-0.25, -0.2) is 0 Å². The molecule has 0 saturated carbocycles. The highest BCUT2D eigenvalue weighted by atomic mass is 16.5. The van der Waals surface area contributed by atoms with Crippen LogP contribution in [0.5, 0.6) is 0 Å². The first-order chi connectivity index (χ1) is 13.0. The molecule has 1 fully saturated rings. The lowest BCUT2D eigenvalue weighted by molar-refractivity contribution is -0.159. The van der Waals surface area contributed by atoms with Gasteiger partial charge < -0.3 is 14.5 Å². The molecule has 0 radical (unpaired) electrons. The van der Waals surface area contributed by atoms with Crippen LogP contribution in [0.15, 0.2) is 40.9 Å². The number of aryl methyl sites for hydroxylation is 2. The van der Waals surface area contributed by atoms with Crippen molar-refractivity contribution in [2.24, 2.45) is 0 Å². The van der Waals surface area contributed by atoms with Gasteiger partial charge in [-0.05, 0) is 45.2 Å². The van der Waals surface area contributed by atoms with Crippen LogP contribution in [0.2, 0.25) is 0 Å². The zero-order valence-corrected chi connectivity index (χ0v) is 16.2. The van der Waals surface area contributed by atoms with Gasteiger partial charge in [-0.2, -0.15) is 0 Å². The predicted octanol–water partition coefficient (Wildman–Crippen LogP) is 2.40. The molecular formula is C21H29N3O3. The third-order valence-electron chi connectivity index (χ3n) is 5.07. The SMILES string of the molecule is Cc1cc(CN(C)C[C@@]2(O)CCCN(CCCc3ccccc3)C2=O)on1. The highest BCUT2D eigenvalue weighted by Gasteiger charge is 2.42. The zero-order chi connectivity index (χ0) is 19.3. The summed E-state index contributed by atoms with van der Waals surface area (Å²) in [6, 6.07) is 12.2. The number of likely N-dealkylation sites (N-methyl/N-ethyl adjacent to an activating group) is 1. The van der Waals surface area contributed by atoms with E-state index < -0.39 is 5.60 Å². The minimum atomic E-state index is -1.32. The number of hydrogen-bond acceptors (Lipinski definition) is 5. The molecule has 3 rings (SSSR count). The number of likely N-dealkylation sites (tertiary alicyclic amines) is 1. The molecule has 146 valence electrons. The molecular weight excluding hydrogens is 342 g/mol. The van der Waals surface area contributed by atoms with Gasteiger partial charge in [0.15, 0.2) is 11.4 Å². The normalized spacial score (nSPS) is 20.4. The van der Waals surface area contributed by atoms with Crippen LogP contribution >= 0.6 is 0 Å². The van der Waals surface area contributed by atoms with E-state index in [-0.39, 0.29) is 5.91 Å². The van der Waals surface area contributed by atoms with Crippen molar-refractivity contribution in [1.82, 2.24) is 15.0 Å². The first kappa shape index (κ1) is 19.6. The summed E-state index contributed by atoms with van der Waals surface area (Å²) in [6.45, 7) is 4.09. The van der Waals surface area contributed by atoms with Crippen LogP contribution in [0.25, 0.3) is 0 Å². The molecule has 0 aliphatic carbocycles. The summed E-state index contributed by atoms with van der Waals surface area (Å²) in [5, 5.41) is 14.9. The number of carbonyl (C=O) groups is 1. The van der Waals surface area contributed by atoms with E-state index in [1.807, 2.05) is 48.0 Å². The van der Waals surface area contributed by atoms with E-state index in [1.54, 1.807) is 0 Å². The first-order valence-corrected chi connectivity index (χ1v) is 9.63. The lowest BCUT2D eigenvalue weighted by Gasteiger charge is -2.40. The van der Waals surface area contributed by atoms with Crippen molar-refractivity contribution in [3.8, 4) is 0 Å². The van der Waals surface area contributed by atoms with E-state index in [0.717, 1.165) is 37.3 Å². The third kappa shape index (κ3) is 5.17. The molecule has 0 bridgehead atoms. The van der Waals surface area contributed by atoms with Gasteiger partial charge in [0.1, 0.15) is 0 Å². The minimum Gasteiger partial charge on any atom is -0.379 e. The van der Waals surface area contributed by atoms with Crippen molar-refractivity contribution >= 4 is 5.91 Å². The van der Waals surface area contributed by atoms with Crippen LogP contribution in [0.1, 0.15) is 36.3 Å². The molecule has 2 heterocycles. The molecule has 0 spiro atoms. The summed E-state index contributed by atoms with van der Waals surface area (Å²) in [7, 11) is 1.89. The quantitative estimate of drug-likeness (QED) is 0.772. The lowest BCUT2D eigenvalue weighted by Crippen LogP contribution is -2.58. The molecule has 1 saturated heterocycles. The second kappa shape index (κ2) is 8.67. The van der Waals surface area contributed by atoms with E-state index in [4.69, 9.17) is 4.52 Å². The van der Waals surface area contributed by atoms with Gasteiger partial charge in [-0.3, -0.25) is 9.69 Å². The Morgan fingerprint density at radius 2 is 2.11 bits per heavy atom. The number of carbonyl (C=O) groups excluding carboxylic acids is 1. The topological polar surface area (TPSA) is 69.8 Å². The maximum atomic E-state index is 12.9. The zero-order valence-electron chi connectivity index (χ0n) is 16.2. The van der Waals surface area contributed by atoms with E-state index in [0.29, 0.717) is 26.1 Å². The molecule has 1 aliphatic rings. The molecule has 6 nitrogen and oxygen atoms in total. The van der Waals surface area contributed by atoms with Crippen LogP contribution < -0.4 is 0 Å². The average Bonchev–Trinajstić information content (AvgIpc) is 3.04. The van der Waals surface area contributed by atoms with Gasteiger partial charge in [0.25, 0.3) is 5.91 Å². The Balaban J connectivity index is 1.52. The van der Waals surface area contributed by atoms with Crippen molar-refractivity contribution in [1.29, 1.82) is 0 Å². The number of benzene rings is 1. The van der Waals surface area contributed by atoms with Crippen molar-refractivity contribution in [2.75, 3.05) is 26.7 Å². The molecule has 1 atom stereocenters. The minimum absolute atomic E-state index is 0.151. The highest BCUT2D eigenvalue weighted by Crippen LogP contribution is 2.24. The van der Waals surface area contributed by atoms with E-state index in [2.05, 4.69) is 17.3 Å². The van der Waals surface area contributed by atoms with Gasteiger partial charge in [-0.1, -0.05) is 35.5 Å². The molecule has 6 heteroatoms. The molecule has 1 aromatic heterocycles. The summed E-state index contributed by atoms with van der Waals surface area (Å²) in [6.07, 6.45) is 3.16. The van der Waals surface area contributed by atoms with E-state index in [9.17, 15) is 9.90 Å². The summed E-state index contributed by atoms with van der Waals surface area (Å²) < 4.78 is 5.23. The van der Waals surface area contributed by atoms with E-state index in [1.165, 1.54) is 5.56 Å². The molecule has 1 aliphatic heterocycles. The summed E-state index contributed by atoms with van der Waals surface area (Å²) in [4.78, 5) is 16.6. The number of amides is 1. The lowest BCUT2D eigenvalue weighted by atomic mass is 9.91. The van der Waals surface area contributed by atoms with Gasteiger partial charge in [-0.15, -0.1) is 0 Å². The van der Waals surface area contributed by atoms with Crippen LogP contribution in [0.4, 0.5) is 0 Å². The molecule has 1 amide bonds. The summed E-state index contributed by atoms with van der Waals surface area (Å²) >= 11 is 0. The Morgan fingerprint density at radius 3 is 2.81 bits per heavy atom. The Labute approximate surface area is 160 Å². The largest absolute Gasteiger partial charge is 0.379 e.